The van der Waals surface area contributed by atoms with E-state index in [1.54, 1.807) is 23.8 Å². The highest BCUT2D eigenvalue weighted by Gasteiger charge is 2.35. The van der Waals surface area contributed by atoms with Crippen LogP contribution in [0.15, 0.2) is 0 Å². The maximum Gasteiger partial charge on any atom is 0.409 e. The molecule has 8 heteroatoms. The van der Waals surface area contributed by atoms with E-state index >= 15 is 0 Å². The molecular weight excluding hydrogens is 300 g/mol. The van der Waals surface area contributed by atoms with E-state index in [-0.39, 0.29) is 30.1 Å². The van der Waals surface area contributed by atoms with Crippen LogP contribution in [0.1, 0.15) is 32.6 Å². The fourth-order valence-corrected chi connectivity index (χ4v) is 3.13. The molecule has 2 saturated heterocycles. The minimum absolute atomic E-state index is 0.0270. The fraction of sp³-hybridized carbons (Fsp3) is 0.800. The summed E-state index contributed by atoms with van der Waals surface area (Å²) < 4.78 is 4.98. The second kappa shape index (κ2) is 8.03. The third kappa shape index (κ3) is 4.27. The van der Waals surface area contributed by atoms with Gasteiger partial charge in [-0.15, -0.1) is 0 Å². The predicted octanol–water partition coefficient (Wildman–Crippen LogP) is 0.527. The molecule has 0 unspecified atom stereocenters. The molecule has 23 heavy (non-hydrogen) atoms. The molecule has 0 spiro atoms. The number of amides is 4. The lowest BCUT2D eigenvalue weighted by Crippen LogP contribution is -2.53. The topological polar surface area (TPSA) is 91.0 Å². The van der Waals surface area contributed by atoms with Gasteiger partial charge in [0.05, 0.1) is 6.61 Å². The van der Waals surface area contributed by atoms with Crippen LogP contribution in [0.2, 0.25) is 0 Å². The van der Waals surface area contributed by atoms with Crippen LogP contribution < -0.4 is 10.6 Å². The van der Waals surface area contributed by atoms with E-state index < -0.39 is 0 Å². The first kappa shape index (κ1) is 17.4. The van der Waals surface area contributed by atoms with Crippen molar-refractivity contribution < 1.29 is 19.1 Å². The van der Waals surface area contributed by atoms with E-state index in [1.807, 2.05) is 0 Å². The molecule has 0 radical (unpaired) electrons. The van der Waals surface area contributed by atoms with Crippen LogP contribution in [0.3, 0.4) is 0 Å². The average Bonchev–Trinajstić information content (AvgIpc) is 3.04. The lowest BCUT2D eigenvalue weighted by Gasteiger charge is -2.33. The molecule has 0 aromatic heterocycles. The number of piperidine rings is 1. The number of nitrogens with one attached hydrogen (secondary N) is 2. The van der Waals surface area contributed by atoms with E-state index in [0.717, 1.165) is 6.42 Å². The summed E-state index contributed by atoms with van der Waals surface area (Å²) in [5.41, 5.74) is 0. The summed E-state index contributed by atoms with van der Waals surface area (Å²) in [5.74, 6) is -0.116. The number of hydrogen-bond donors (Lipinski definition) is 2. The molecule has 0 bridgehead atoms. The third-order valence-corrected chi connectivity index (χ3v) is 4.41. The second-order valence-electron chi connectivity index (χ2n) is 5.88. The van der Waals surface area contributed by atoms with E-state index in [0.29, 0.717) is 45.5 Å². The zero-order valence-electron chi connectivity index (χ0n) is 13.8. The Balaban J connectivity index is 1.80. The smallest absolute Gasteiger partial charge is 0.409 e. The van der Waals surface area contributed by atoms with Gasteiger partial charge < -0.3 is 25.2 Å². The molecule has 130 valence electrons. The lowest BCUT2D eigenvalue weighted by molar-refractivity contribution is -0.124. The molecule has 2 rings (SSSR count). The second-order valence-corrected chi connectivity index (χ2v) is 5.88. The Bertz CT molecular complexity index is 449. The molecule has 4 amide bonds. The van der Waals surface area contributed by atoms with Crippen LogP contribution in [0.25, 0.3) is 0 Å². The monoisotopic (exact) mass is 326 g/mol. The molecule has 0 aliphatic carbocycles. The SMILES string of the molecule is CCOC(=O)N1CCC(NC(=O)N2CCC[C@@H]2C(=O)NC)CC1. The van der Waals surface area contributed by atoms with Crippen molar-refractivity contribution in [2.24, 2.45) is 0 Å². The van der Waals surface area contributed by atoms with Crippen molar-refractivity contribution in [3.8, 4) is 0 Å². The van der Waals surface area contributed by atoms with Crippen molar-refractivity contribution in [3.05, 3.63) is 0 Å². The van der Waals surface area contributed by atoms with Gasteiger partial charge in [-0.1, -0.05) is 0 Å². The Morgan fingerprint density at radius 2 is 1.83 bits per heavy atom. The number of hydrogen-bond acceptors (Lipinski definition) is 4. The van der Waals surface area contributed by atoms with E-state index in [2.05, 4.69) is 10.6 Å². The standard InChI is InChI=1S/C15H26N4O4/c1-3-23-15(22)18-9-6-11(7-10-18)17-14(21)19-8-4-5-12(19)13(20)16-2/h11-12H,3-10H2,1-2H3,(H,16,20)(H,17,21)/t12-/m1/s1. The van der Waals surface area contributed by atoms with Gasteiger partial charge in [-0.2, -0.15) is 0 Å². The fourth-order valence-electron chi connectivity index (χ4n) is 3.13. The number of ether oxygens (including phenoxy) is 1. The van der Waals surface area contributed by atoms with Crippen molar-refractivity contribution in [2.45, 2.75) is 44.7 Å². The number of carbonyl (C=O) groups excluding carboxylic acids is 3. The van der Waals surface area contributed by atoms with Gasteiger partial charge in [0.25, 0.3) is 0 Å². The molecule has 0 saturated carbocycles. The van der Waals surface area contributed by atoms with Crippen molar-refractivity contribution in [3.63, 3.8) is 0 Å². The van der Waals surface area contributed by atoms with Crippen LogP contribution in [0.4, 0.5) is 9.59 Å². The van der Waals surface area contributed by atoms with E-state index in [4.69, 9.17) is 4.74 Å². The van der Waals surface area contributed by atoms with Crippen molar-refractivity contribution in [2.75, 3.05) is 33.3 Å². The van der Waals surface area contributed by atoms with Gasteiger partial charge in [0, 0.05) is 32.7 Å². The highest BCUT2D eigenvalue weighted by molar-refractivity contribution is 5.87. The van der Waals surface area contributed by atoms with Crippen molar-refractivity contribution in [1.82, 2.24) is 20.4 Å². The zero-order chi connectivity index (χ0) is 16.8. The van der Waals surface area contributed by atoms with Gasteiger partial charge in [-0.25, -0.2) is 9.59 Å². The number of carbonyl (C=O) groups is 3. The summed E-state index contributed by atoms with van der Waals surface area (Å²) in [6.45, 7) is 3.89. The molecular formula is C15H26N4O4. The minimum atomic E-state index is -0.375. The number of rotatable bonds is 3. The summed E-state index contributed by atoms with van der Waals surface area (Å²) in [5, 5.41) is 5.60. The largest absolute Gasteiger partial charge is 0.450 e. The first-order valence-corrected chi connectivity index (χ1v) is 8.27. The third-order valence-electron chi connectivity index (χ3n) is 4.41. The summed E-state index contributed by atoms with van der Waals surface area (Å²) in [4.78, 5) is 39.1. The van der Waals surface area contributed by atoms with Gasteiger partial charge >= 0.3 is 12.1 Å². The maximum atomic E-state index is 12.4. The minimum Gasteiger partial charge on any atom is -0.450 e. The van der Waals surface area contributed by atoms with Gasteiger partial charge in [-0.3, -0.25) is 4.79 Å². The quantitative estimate of drug-likeness (QED) is 0.791. The van der Waals surface area contributed by atoms with Crippen LogP contribution in [-0.4, -0.2) is 73.2 Å². The van der Waals surface area contributed by atoms with Crippen LogP contribution in [0, 0.1) is 0 Å². The number of nitrogens with zero attached hydrogens (tertiary/aromatic N) is 2. The first-order valence-electron chi connectivity index (χ1n) is 8.27. The maximum absolute atomic E-state index is 12.4. The van der Waals surface area contributed by atoms with Gasteiger partial charge in [-0.05, 0) is 32.6 Å². The van der Waals surface area contributed by atoms with Gasteiger partial charge in [0.15, 0.2) is 0 Å². The zero-order valence-corrected chi connectivity index (χ0v) is 13.8. The average molecular weight is 326 g/mol. The molecule has 2 aliphatic heterocycles. The lowest BCUT2D eigenvalue weighted by atomic mass is 10.1. The van der Waals surface area contributed by atoms with E-state index in [1.165, 1.54) is 0 Å². The number of likely N-dealkylation sites (N-methyl/N-ethyl adjacent to an activating group) is 1. The molecule has 1 atom stereocenters. The Labute approximate surface area is 136 Å². The highest BCUT2D eigenvalue weighted by atomic mass is 16.6. The molecule has 2 fully saturated rings. The number of urea groups is 1. The van der Waals surface area contributed by atoms with Crippen LogP contribution >= 0.6 is 0 Å². The molecule has 8 nitrogen and oxygen atoms in total. The van der Waals surface area contributed by atoms with Crippen molar-refractivity contribution in [1.29, 1.82) is 0 Å². The Hall–Kier alpha value is -1.99. The Kier molecular flexibility index (Phi) is 6.06. The van der Waals surface area contributed by atoms with Crippen LogP contribution in [-0.2, 0) is 9.53 Å². The Morgan fingerprint density at radius 3 is 2.43 bits per heavy atom. The predicted molar refractivity (Wildman–Crippen MR) is 83.9 cm³/mol. The summed E-state index contributed by atoms with van der Waals surface area (Å²) >= 11 is 0. The molecule has 0 aromatic rings. The number of likely N-dealkylation sites (tertiary alicyclic amines) is 2. The van der Waals surface area contributed by atoms with E-state index in [9.17, 15) is 14.4 Å². The summed E-state index contributed by atoms with van der Waals surface area (Å²) in [7, 11) is 1.59. The molecule has 2 aliphatic rings. The Morgan fingerprint density at radius 1 is 1.13 bits per heavy atom. The summed E-state index contributed by atoms with van der Waals surface area (Å²) in [6.07, 6.45) is 2.64. The first-order chi connectivity index (χ1) is 11.1. The normalized spacial score (nSPS) is 21.9. The van der Waals surface area contributed by atoms with Gasteiger partial charge in [0.2, 0.25) is 5.91 Å². The van der Waals surface area contributed by atoms with Crippen molar-refractivity contribution >= 4 is 18.0 Å². The summed E-state index contributed by atoms with van der Waals surface area (Å²) in [6, 6.07) is -0.538. The highest BCUT2D eigenvalue weighted by Crippen LogP contribution is 2.18. The molecule has 0 aromatic carbocycles. The van der Waals surface area contributed by atoms with Gasteiger partial charge in [0.1, 0.15) is 6.04 Å². The molecule has 2 N–H and O–H groups in total. The molecule has 2 heterocycles. The van der Waals surface area contributed by atoms with Crippen LogP contribution in [0.5, 0.6) is 0 Å².